The van der Waals surface area contributed by atoms with Gasteiger partial charge in [-0.1, -0.05) is 23.1 Å². The molecule has 0 saturated heterocycles. The summed E-state index contributed by atoms with van der Waals surface area (Å²) in [6.45, 7) is 1.32. The van der Waals surface area contributed by atoms with E-state index >= 15 is 0 Å². The summed E-state index contributed by atoms with van der Waals surface area (Å²) < 4.78 is 25.7. The molecule has 0 aliphatic carbocycles. The van der Waals surface area contributed by atoms with Gasteiger partial charge in [-0.05, 0) is 48.2 Å². The maximum atomic E-state index is 12.2. The first-order chi connectivity index (χ1) is 13.0. The summed E-state index contributed by atoms with van der Waals surface area (Å²) in [6, 6.07) is 15.9. The molecule has 0 unspecified atom stereocenters. The van der Waals surface area contributed by atoms with Crippen molar-refractivity contribution in [2.75, 3.05) is 13.7 Å². The van der Waals surface area contributed by atoms with Crippen LogP contribution in [0.3, 0.4) is 0 Å². The van der Waals surface area contributed by atoms with Crippen LogP contribution in [0.5, 0.6) is 0 Å². The average Bonchev–Trinajstić information content (AvgIpc) is 3.08. The highest BCUT2D eigenvalue weighted by atomic mass is 32.2. The number of rotatable bonds is 8. The van der Waals surface area contributed by atoms with E-state index in [0.717, 1.165) is 13.0 Å². The molecule has 7 nitrogen and oxygen atoms in total. The summed E-state index contributed by atoms with van der Waals surface area (Å²) in [5, 5.41) is 4.04. The van der Waals surface area contributed by atoms with Gasteiger partial charge in [0, 0.05) is 30.4 Å². The average molecular weight is 387 g/mol. The highest BCUT2D eigenvalue weighted by molar-refractivity contribution is 7.89. The second kappa shape index (κ2) is 8.34. The van der Waals surface area contributed by atoms with Crippen molar-refractivity contribution in [3.8, 4) is 0 Å². The molecule has 1 heterocycles. The molecule has 0 aliphatic heterocycles. The molecule has 0 bridgehead atoms. The van der Waals surface area contributed by atoms with Gasteiger partial charge in [0.2, 0.25) is 0 Å². The van der Waals surface area contributed by atoms with Gasteiger partial charge >= 0.3 is 0 Å². The normalized spacial score (nSPS) is 11.6. The molecule has 0 spiro atoms. The van der Waals surface area contributed by atoms with Crippen LogP contribution in [-0.2, 0) is 21.4 Å². The molecule has 0 fully saturated rings. The lowest BCUT2D eigenvalue weighted by Crippen LogP contribution is -2.25. The number of hydrogen-bond acceptors (Lipinski definition) is 4. The Labute approximate surface area is 158 Å². The van der Waals surface area contributed by atoms with Crippen molar-refractivity contribution in [1.82, 2.24) is 14.8 Å². The number of para-hydroxylation sites is 1. The zero-order chi connectivity index (χ0) is 19.3. The number of amides is 1. The third kappa shape index (κ3) is 4.54. The molecule has 2 aromatic carbocycles. The van der Waals surface area contributed by atoms with Gasteiger partial charge in [0.15, 0.2) is 0 Å². The maximum absolute atomic E-state index is 12.2. The van der Waals surface area contributed by atoms with Gasteiger partial charge in [0.05, 0.1) is 12.0 Å². The van der Waals surface area contributed by atoms with Gasteiger partial charge in [-0.2, -0.15) is 0 Å². The quantitative estimate of drug-likeness (QED) is 0.458. The topological polar surface area (TPSA) is 89.4 Å². The van der Waals surface area contributed by atoms with Gasteiger partial charge in [0.25, 0.3) is 15.9 Å². The van der Waals surface area contributed by atoms with E-state index in [0.29, 0.717) is 12.1 Å². The second-order valence-corrected chi connectivity index (χ2v) is 7.64. The summed E-state index contributed by atoms with van der Waals surface area (Å²) in [5.41, 5.74) is 1.57. The molecule has 1 amide bonds. The number of fused-ring (bicyclic) bond motifs is 1. The van der Waals surface area contributed by atoms with Crippen LogP contribution < -0.4 is 10.2 Å². The lowest BCUT2D eigenvalue weighted by atomic mass is 10.2. The molecular formula is C19H21N3O4S. The summed E-state index contributed by atoms with van der Waals surface area (Å²) in [4.78, 5) is 18.6. The largest absolute Gasteiger partial charge is 0.352 e. The van der Waals surface area contributed by atoms with Crippen molar-refractivity contribution in [2.45, 2.75) is 17.9 Å². The fraction of sp³-hybridized carbons (Fsp3) is 0.211. The first-order valence-corrected chi connectivity index (χ1v) is 9.96. The third-order valence-electron chi connectivity index (χ3n) is 4.16. The van der Waals surface area contributed by atoms with E-state index in [1.54, 1.807) is 0 Å². The van der Waals surface area contributed by atoms with Crippen molar-refractivity contribution in [3.63, 3.8) is 0 Å². The Morgan fingerprint density at radius 2 is 1.81 bits per heavy atom. The Morgan fingerprint density at radius 1 is 1.07 bits per heavy atom. The standard InChI is InChI=1S/C19H21N3O4S/c1-26-21-27(24,25)17-9-7-16(8-10-17)19(23)20-12-4-13-22-14-11-15-5-2-3-6-18(15)22/h2-3,5-11,14,21H,4,12-13H2,1H3,(H,20,23). The number of carbonyl (C=O) groups is 1. The Balaban J connectivity index is 1.52. The zero-order valence-electron chi connectivity index (χ0n) is 14.9. The maximum Gasteiger partial charge on any atom is 0.262 e. The van der Waals surface area contributed by atoms with Crippen LogP contribution in [0.2, 0.25) is 0 Å². The van der Waals surface area contributed by atoms with Crippen molar-refractivity contribution in [1.29, 1.82) is 0 Å². The second-order valence-electron chi connectivity index (χ2n) is 5.99. The van der Waals surface area contributed by atoms with Crippen LogP contribution in [0.25, 0.3) is 10.9 Å². The Hall–Kier alpha value is -2.68. The minimum atomic E-state index is -3.72. The molecule has 0 atom stereocenters. The number of aryl methyl sites for hydroxylation is 1. The minimum Gasteiger partial charge on any atom is -0.352 e. The van der Waals surface area contributed by atoms with Crippen LogP contribution in [0.4, 0.5) is 0 Å². The van der Waals surface area contributed by atoms with E-state index in [9.17, 15) is 13.2 Å². The molecule has 2 N–H and O–H groups in total. The number of nitrogens with one attached hydrogen (secondary N) is 2. The number of nitrogens with zero attached hydrogens (tertiary/aromatic N) is 1. The monoisotopic (exact) mass is 387 g/mol. The fourth-order valence-electron chi connectivity index (χ4n) is 2.83. The van der Waals surface area contributed by atoms with Crippen molar-refractivity contribution < 1.29 is 18.0 Å². The first-order valence-electron chi connectivity index (χ1n) is 8.48. The van der Waals surface area contributed by atoms with Crippen molar-refractivity contribution >= 4 is 26.8 Å². The summed E-state index contributed by atoms with van der Waals surface area (Å²) in [7, 11) is -2.51. The molecule has 1 aromatic heterocycles. The van der Waals surface area contributed by atoms with Gasteiger partial charge in [-0.15, -0.1) is 0 Å². The van der Waals surface area contributed by atoms with E-state index in [4.69, 9.17) is 0 Å². The predicted molar refractivity (Wildman–Crippen MR) is 103 cm³/mol. The SMILES string of the molecule is CONS(=O)(=O)c1ccc(C(=O)NCCCn2ccc3ccccc32)cc1. The summed E-state index contributed by atoms with van der Waals surface area (Å²) >= 11 is 0. The number of benzene rings is 2. The number of sulfonamides is 1. The molecule has 0 aliphatic rings. The predicted octanol–water partition coefficient (Wildman–Crippen LogP) is 2.30. The van der Waals surface area contributed by atoms with Gasteiger partial charge in [0.1, 0.15) is 0 Å². The first kappa shape index (κ1) is 19.1. The zero-order valence-corrected chi connectivity index (χ0v) is 15.7. The molecular weight excluding hydrogens is 366 g/mol. The summed E-state index contributed by atoms with van der Waals surface area (Å²) in [5.74, 6) is -0.240. The minimum absolute atomic E-state index is 0.0281. The van der Waals surface area contributed by atoms with Gasteiger partial charge < -0.3 is 9.88 Å². The van der Waals surface area contributed by atoms with E-state index in [-0.39, 0.29) is 10.8 Å². The number of aromatic nitrogens is 1. The highest BCUT2D eigenvalue weighted by Gasteiger charge is 2.14. The van der Waals surface area contributed by atoms with Gasteiger partial charge in [-0.25, -0.2) is 8.42 Å². The van der Waals surface area contributed by atoms with Crippen LogP contribution in [-0.4, -0.2) is 32.5 Å². The van der Waals surface area contributed by atoms with Crippen molar-refractivity contribution in [3.05, 3.63) is 66.4 Å². The van der Waals surface area contributed by atoms with Gasteiger partial charge in [-0.3, -0.25) is 9.63 Å². The third-order valence-corrected chi connectivity index (χ3v) is 5.44. The molecule has 0 saturated carbocycles. The fourth-order valence-corrected chi connectivity index (χ4v) is 3.64. The van der Waals surface area contributed by atoms with Crippen LogP contribution >= 0.6 is 0 Å². The van der Waals surface area contributed by atoms with E-state index in [1.165, 1.54) is 42.3 Å². The molecule has 0 radical (unpaired) electrons. The highest BCUT2D eigenvalue weighted by Crippen LogP contribution is 2.15. The lowest BCUT2D eigenvalue weighted by Gasteiger charge is -2.08. The van der Waals surface area contributed by atoms with Crippen LogP contribution in [0, 0.1) is 0 Å². The Morgan fingerprint density at radius 3 is 2.56 bits per heavy atom. The number of carbonyl (C=O) groups excluding carboxylic acids is 1. The molecule has 3 aromatic rings. The van der Waals surface area contributed by atoms with Crippen LogP contribution in [0.15, 0.2) is 65.7 Å². The Bertz CT molecular complexity index is 1030. The molecule has 8 heteroatoms. The Kier molecular flexibility index (Phi) is 5.90. The molecule has 142 valence electrons. The van der Waals surface area contributed by atoms with Crippen molar-refractivity contribution in [2.24, 2.45) is 0 Å². The van der Waals surface area contributed by atoms with Crippen LogP contribution in [0.1, 0.15) is 16.8 Å². The smallest absolute Gasteiger partial charge is 0.262 e. The summed E-state index contributed by atoms with van der Waals surface area (Å²) in [6.07, 6.45) is 2.83. The van der Waals surface area contributed by atoms with E-state index in [1.807, 2.05) is 23.2 Å². The number of hydrogen-bond donors (Lipinski definition) is 2. The molecule has 3 rings (SSSR count). The molecule has 27 heavy (non-hydrogen) atoms. The van der Waals surface area contributed by atoms with E-state index in [2.05, 4.69) is 32.9 Å². The lowest BCUT2D eigenvalue weighted by molar-refractivity contribution is 0.0952. The van der Waals surface area contributed by atoms with E-state index < -0.39 is 10.0 Å².